The maximum atomic E-state index is 6.25. The molecule has 0 saturated heterocycles. The minimum Gasteiger partial charge on any atom is -0.384 e. The molecule has 10 heteroatoms. The topological polar surface area (TPSA) is 49.8 Å². The van der Waals surface area contributed by atoms with Gasteiger partial charge in [-0.15, -0.1) is 24.8 Å². The summed E-state index contributed by atoms with van der Waals surface area (Å²) in [6.07, 6.45) is 6.99. The van der Waals surface area contributed by atoms with E-state index in [1.807, 2.05) is 72.8 Å². The van der Waals surface area contributed by atoms with Crippen molar-refractivity contribution >= 4 is 126 Å². The second-order valence-electron chi connectivity index (χ2n) is 10.6. The van der Waals surface area contributed by atoms with Crippen LogP contribution in [0, 0.1) is 0 Å². The van der Waals surface area contributed by atoms with E-state index in [0.29, 0.717) is 20.1 Å². The summed E-state index contributed by atoms with van der Waals surface area (Å²) in [4.78, 5) is 9.56. The smallest absolute Gasteiger partial charge is 0.0745 e. The van der Waals surface area contributed by atoms with Crippen LogP contribution in [0.4, 0.5) is 11.4 Å². The summed E-state index contributed by atoms with van der Waals surface area (Å²) in [6.45, 7) is 1.80. The van der Waals surface area contributed by atoms with Crippen molar-refractivity contribution < 1.29 is 0 Å². The Morgan fingerprint density at radius 1 is 0.409 bits per heavy atom. The summed E-state index contributed by atoms with van der Waals surface area (Å²) in [5, 5.41) is 14.3. The standard InChI is InChI=1S/C34H30Cl4N4.2ClH/c35-21-7-11-25-29(17-21)41-30-18-22(36)8-12-26(30)33(25)39-15-5-3-1-2-4-6-16-40-34-27-13-9-23(37)19-31(27)42-32-20-24(38)10-14-28(32)34;;/h7-14,17-20H,1-6,15-16H2,(H,39,41)(H,40,42);2*1H. The Morgan fingerprint density at radius 2 is 0.682 bits per heavy atom. The number of nitrogens with one attached hydrogen (secondary N) is 2. The van der Waals surface area contributed by atoms with Gasteiger partial charge in [0.25, 0.3) is 0 Å². The third-order valence-corrected chi connectivity index (χ3v) is 8.55. The van der Waals surface area contributed by atoms with E-state index in [2.05, 4.69) is 10.6 Å². The van der Waals surface area contributed by atoms with Crippen LogP contribution in [0.3, 0.4) is 0 Å². The first kappa shape index (κ1) is 34.4. The molecule has 0 aliphatic rings. The maximum absolute atomic E-state index is 6.25. The van der Waals surface area contributed by atoms with E-state index in [1.165, 1.54) is 25.7 Å². The minimum atomic E-state index is 0. The molecule has 0 unspecified atom stereocenters. The van der Waals surface area contributed by atoms with E-state index in [4.69, 9.17) is 56.4 Å². The molecule has 4 aromatic carbocycles. The summed E-state index contributed by atoms with van der Waals surface area (Å²) in [6, 6.07) is 23.4. The molecular weight excluding hydrogens is 677 g/mol. The van der Waals surface area contributed by atoms with Gasteiger partial charge in [-0.1, -0.05) is 72.1 Å². The van der Waals surface area contributed by atoms with Crippen LogP contribution in [0.2, 0.25) is 20.1 Å². The molecule has 0 spiro atoms. The van der Waals surface area contributed by atoms with Crippen LogP contribution in [0.25, 0.3) is 43.6 Å². The third-order valence-electron chi connectivity index (χ3n) is 7.61. The fraction of sp³-hybridized carbons (Fsp3) is 0.235. The first-order chi connectivity index (χ1) is 20.5. The highest BCUT2D eigenvalue weighted by Crippen LogP contribution is 2.35. The Kier molecular flexibility index (Phi) is 12.3. The lowest BCUT2D eigenvalue weighted by molar-refractivity contribution is 0.610. The number of rotatable bonds is 11. The lowest BCUT2D eigenvalue weighted by Gasteiger charge is -2.14. The second kappa shape index (κ2) is 15.7. The fourth-order valence-electron chi connectivity index (χ4n) is 5.55. The highest BCUT2D eigenvalue weighted by atomic mass is 35.5. The van der Waals surface area contributed by atoms with Crippen molar-refractivity contribution in [1.82, 2.24) is 9.97 Å². The predicted molar refractivity (Wildman–Crippen MR) is 198 cm³/mol. The van der Waals surface area contributed by atoms with Gasteiger partial charge in [-0.2, -0.15) is 0 Å². The lowest BCUT2D eigenvalue weighted by Crippen LogP contribution is -2.04. The number of fused-ring (bicyclic) bond motifs is 4. The molecule has 6 rings (SSSR count). The van der Waals surface area contributed by atoms with Crippen molar-refractivity contribution in [2.24, 2.45) is 0 Å². The van der Waals surface area contributed by atoms with Crippen molar-refractivity contribution in [2.75, 3.05) is 23.7 Å². The van der Waals surface area contributed by atoms with E-state index in [9.17, 15) is 0 Å². The zero-order valence-corrected chi connectivity index (χ0v) is 28.5. The van der Waals surface area contributed by atoms with Crippen LogP contribution < -0.4 is 10.6 Å². The number of nitrogens with zero attached hydrogens (tertiary/aromatic N) is 2. The highest BCUT2D eigenvalue weighted by molar-refractivity contribution is 6.33. The fourth-order valence-corrected chi connectivity index (χ4v) is 6.21. The van der Waals surface area contributed by atoms with Crippen LogP contribution >= 0.6 is 71.2 Å². The van der Waals surface area contributed by atoms with Crippen molar-refractivity contribution in [1.29, 1.82) is 0 Å². The monoisotopic (exact) mass is 706 g/mol. The molecule has 0 saturated carbocycles. The Bertz CT molecular complexity index is 1650. The van der Waals surface area contributed by atoms with Crippen LogP contribution in [-0.2, 0) is 0 Å². The Morgan fingerprint density at radius 3 is 0.977 bits per heavy atom. The average Bonchev–Trinajstić information content (AvgIpc) is 2.96. The van der Waals surface area contributed by atoms with E-state index in [0.717, 1.165) is 80.9 Å². The van der Waals surface area contributed by atoms with Crippen molar-refractivity contribution in [2.45, 2.75) is 38.5 Å². The highest BCUT2D eigenvalue weighted by Gasteiger charge is 2.11. The minimum absolute atomic E-state index is 0. The van der Waals surface area contributed by atoms with Gasteiger partial charge in [0.1, 0.15) is 0 Å². The predicted octanol–water partition coefficient (Wildman–Crippen LogP) is 12.4. The van der Waals surface area contributed by atoms with Crippen LogP contribution in [-0.4, -0.2) is 23.1 Å². The van der Waals surface area contributed by atoms with Crippen LogP contribution in [0.1, 0.15) is 38.5 Å². The Labute approximate surface area is 289 Å². The molecule has 0 aliphatic heterocycles. The molecular formula is C34H32Cl6N4. The summed E-state index contributed by atoms with van der Waals surface area (Å²) in [7, 11) is 0. The van der Waals surface area contributed by atoms with Crippen molar-refractivity contribution in [3.63, 3.8) is 0 Å². The normalized spacial score (nSPS) is 11.1. The van der Waals surface area contributed by atoms with Crippen molar-refractivity contribution in [3.05, 3.63) is 92.9 Å². The lowest BCUT2D eigenvalue weighted by atomic mass is 10.1. The quantitative estimate of drug-likeness (QED) is 0.104. The number of benzene rings is 4. The first-order valence-electron chi connectivity index (χ1n) is 14.3. The zero-order valence-electron chi connectivity index (χ0n) is 23.8. The number of halogens is 6. The summed E-state index contributed by atoms with van der Waals surface area (Å²) in [5.74, 6) is 0. The van der Waals surface area contributed by atoms with Gasteiger partial charge in [0.15, 0.2) is 0 Å². The molecule has 0 amide bonds. The molecule has 0 aliphatic carbocycles. The van der Waals surface area contributed by atoms with Gasteiger partial charge in [0.2, 0.25) is 0 Å². The van der Waals surface area contributed by atoms with E-state index in [-0.39, 0.29) is 24.8 Å². The van der Waals surface area contributed by atoms with Gasteiger partial charge in [0, 0.05) is 54.7 Å². The molecule has 0 bridgehead atoms. The van der Waals surface area contributed by atoms with E-state index >= 15 is 0 Å². The molecule has 0 fully saturated rings. The molecule has 0 radical (unpaired) electrons. The average molecular weight is 709 g/mol. The molecule has 4 nitrogen and oxygen atoms in total. The molecule has 2 heterocycles. The summed E-state index contributed by atoms with van der Waals surface area (Å²) < 4.78 is 0. The van der Waals surface area contributed by atoms with E-state index < -0.39 is 0 Å². The summed E-state index contributed by atoms with van der Waals surface area (Å²) in [5.41, 5.74) is 5.66. The molecule has 2 aromatic heterocycles. The third kappa shape index (κ3) is 7.85. The van der Waals surface area contributed by atoms with Crippen molar-refractivity contribution in [3.8, 4) is 0 Å². The second-order valence-corrected chi connectivity index (χ2v) is 12.3. The van der Waals surface area contributed by atoms with Gasteiger partial charge in [-0.3, -0.25) is 0 Å². The molecule has 230 valence electrons. The van der Waals surface area contributed by atoms with Gasteiger partial charge in [0.05, 0.1) is 33.4 Å². The number of unbranched alkanes of at least 4 members (excludes halogenated alkanes) is 5. The Hall–Kier alpha value is -2.44. The number of pyridine rings is 2. The van der Waals surface area contributed by atoms with Gasteiger partial charge in [-0.25, -0.2) is 9.97 Å². The first-order valence-corrected chi connectivity index (χ1v) is 15.8. The SMILES string of the molecule is Cl.Cl.Clc1ccc2c(NCCCCCCCCNc3c4ccc(Cl)cc4nc4cc(Cl)ccc34)c3ccc(Cl)cc3nc2c1. The van der Waals surface area contributed by atoms with Gasteiger partial charge in [-0.05, 0) is 85.6 Å². The number of anilines is 2. The molecule has 2 N–H and O–H groups in total. The van der Waals surface area contributed by atoms with Crippen LogP contribution in [0.5, 0.6) is 0 Å². The van der Waals surface area contributed by atoms with Crippen LogP contribution in [0.15, 0.2) is 72.8 Å². The Balaban J connectivity index is 0.00000221. The summed E-state index contributed by atoms with van der Waals surface area (Å²) >= 11 is 25.0. The number of hydrogen-bond acceptors (Lipinski definition) is 4. The zero-order chi connectivity index (χ0) is 29.1. The molecule has 44 heavy (non-hydrogen) atoms. The number of hydrogen-bond donors (Lipinski definition) is 2. The largest absolute Gasteiger partial charge is 0.384 e. The molecule has 0 atom stereocenters. The van der Waals surface area contributed by atoms with E-state index in [1.54, 1.807) is 0 Å². The van der Waals surface area contributed by atoms with Gasteiger partial charge < -0.3 is 10.6 Å². The molecule has 6 aromatic rings. The van der Waals surface area contributed by atoms with Gasteiger partial charge >= 0.3 is 0 Å². The maximum Gasteiger partial charge on any atom is 0.0745 e. The number of aromatic nitrogens is 2.